The van der Waals surface area contributed by atoms with E-state index >= 15 is 0 Å². The van der Waals surface area contributed by atoms with Crippen LogP contribution < -0.4 is 0 Å². The molecule has 0 heterocycles. The third-order valence-electron chi connectivity index (χ3n) is 3.73. The fraction of sp³-hybridized carbons (Fsp3) is 0.222. The van der Waals surface area contributed by atoms with Crippen molar-refractivity contribution in [3.63, 3.8) is 0 Å². The van der Waals surface area contributed by atoms with Gasteiger partial charge in [-0.05, 0) is 30.7 Å². The third kappa shape index (κ3) is 4.58. The van der Waals surface area contributed by atoms with Crippen molar-refractivity contribution in [2.75, 3.05) is 13.7 Å². The van der Waals surface area contributed by atoms with Gasteiger partial charge in [0.15, 0.2) is 0 Å². The highest BCUT2D eigenvalue weighted by atomic mass is 35.5. The van der Waals surface area contributed by atoms with E-state index in [0.29, 0.717) is 11.6 Å². The van der Waals surface area contributed by atoms with Crippen LogP contribution in [0.1, 0.15) is 33.2 Å². The van der Waals surface area contributed by atoms with Crippen molar-refractivity contribution >= 4 is 29.2 Å². The van der Waals surface area contributed by atoms with Crippen LogP contribution in [0.4, 0.5) is 5.69 Å². The molecule has 136 valence electrons. The van der Waals surface area contributed by atoms with Gasteiger partial charge in [-0.3, -0.25) is 14.9 Å². The number of esters is 1. The zero-order valence-electron chi connectivity index (χ0n) is 14.3. The summed E-state index contributed by atoms with van der Waals surface area (Å²) in [6.07, 6.45) is 0. The molecule has 0 fully saturated rings. The maximum Gasteiger partial charge on any atom is 0.338 e. The molecule has 0 aromatic heterocycles. The van der Waals surface area contributed by atoms with Crippen LogP contribution in [0, 0.1) is 10.1 Å². The smallest absolute Gasteiger partial charge is 0.338 e. The first-order valence-corrected chi connectivity index (χ1v) is 8.15. The standard InChI is InChI=1S/C18H17ClN2O5/c1-3-20(11-12-5-4-6-15(19)7-12)17(22)13-8-14(18(23)26-2)10-16(9-13)21(24)25/h4-10H,3,11H2,1-2H3. The summed E-state index contributed by atoms with van der Waals surface area (Å²) in [7, 11) is 1.17. The number of nitro benzene ring substituents is 1. The number of benzene rings is 2. The highest BCUT2D eigenvalue weighted by molar-refractivity contribution is 6.30. The van der Waals surface area contributed by atoms with E-state index in [1.807, 2.05) is 6.07 Å². The molecule has 0 spiro atoms. The summed E-state index contributed by atoms with van der Waals surface area (Å²) in [6.45, 7) is 2.45. The second-order valence-corrected chi connectivity index (χ2v) is 5.90. The Hall–Kier alpha value is -2.93. The predicted octanol–water partition coefficient (Wildman–Crippen LogP) is 3.70. The summed E-state index contributed by atoms with van der Waals surface area (Å²) >= 11 is 5.97. The van der Waals surface area contributed by atoms with Gasteiger partial charge in [-0.1, -0.05) is 23.7 Å². The average molecular weight is 377 g/mol. The molecular weight excluding hydrogens is 360 g/mol. The number of carbonyl (C=O) groups is 2. The van der Waals surface area contributed by atoms with Crippen molar-refractivity contribution in [3.8, 4) is 0 Å². The van der Waals surface area contributed by atoms with Crippen molar-refractivity contribution in [3.05, 3.63) is 74.3 Å². The second-order valence-electron chi connectivity index (χ2n) is 5.47. The first-order chi connectivity index (χ1) is 12.3. The van der Waals surface area contributed by atoms with Gasteiger partial charge in [0.25, 0.3) is 11.6 Å². The van der Waals surface area contributed by atoms with Crippen LogP contribution in [0.2, 0.25) is 5.02 Å². The molecule has 0 N–H and O–H groups in total. The van der Waals surface area contributed by atoms with Gasteiger partial charge in [0.2, 0.25) is 0 Å². The molecule has 0 bridgehead atoms. The lowest BCUT2D eigenvalue weighted by atomic mass is 10.1. The quantitative estimate of drug-likeness (QED) is 0.435. The number of methoxy groups -OCH3 is 1. The van der Waals surface area contributed by atoms with E-state index in [1.54, 1.807) is 25.1 Å². The maximum atomic E-state index is 12.8. The number of nitrogens with zero attached hydrogens (tertiary/aromatic N) is 2. The molecule has 26 heavy (non-hydrogen) atoms. The molecule has 0 atom stereocenters. The minimum absolute atomic E-state index is 0.0449. The van der Waals surface area contributed by atoms with Crippen LogP contribution >= 0.6 is 11.6 Å². The topological polar surface area (TPSA) is 89.8 Å². The van der Waals surface area contributed by atoms with Crippen LogP contribution in [0.5, 0.6) is 0 Å². The highest BCUT2D eigenvalue weighted by Gasteiger charge is 2.21. The van der Waals surface area contributed by atoms with E-state index in [-0.39, 0.29) is 23.4 Å². The van der Waals surface area contributed by atoms with Gasteiger partial charge in [0.05, 0.1) is 17.6 Å². The van der Waals surface area contributed by atoms with E-state index in [2.05, 4.69) is 4.74 Å². The van der Waals surface area contributed by atoms with E-state index in [9.17, 15) is 19.7 Å². The molecule has 8 heteroatoms. The Morgan fingerprint density at radius 3 is 2.46 bits per heavy atom. The molecule has 7 nitrogen and oxygen atoms in total. The SMILES string of the molecule is CCN(Cc1cccc(Cl)c1)C(=O)c1cc(C(=O)OC)cc([N+](=O)[O-])c1. The monoisotopic (exact) mass is 376 g/mol. The Morgan fingerprint density at radius 2 is 1.88 bits per heavy atom. The summed E-state index contributed by atoms with van der Waals surface area (Å²) in [4.78, 5) is 36.5. The molecule has 0 aliphatic carbocycles. The molecule has 2 aromatic carbocycles. The van der Waals surface area contributed by atoms with Gasteiger partial charge in [0.1, 0.15) is 0 Å². The number of hydrogen-bond acceptors (Lipinski definition) is 5. The number of carbonyl (C=O) groups excluding carboxylic acids is 2. The molecule has 0 saturated carbocycles. The minimum Gasteiger partial charge on any atom is -0.465 e. The van der Waals surface area contributed by atoms with Gasteiger partial charge < -0.3 is 9.64 Å². The second kappa shape index (κ2) is 8.44. The van der Waals surface area contributed by atoms with Crippen LogP contribution in [0.3, 0.4) is 0 Å². The fourth-order valence-corrected chi connectivity index (χ4v) is 2.65. The van der Waals surface area contributed by atoms with Gasteiger partial charge in [0, 0.05) is 35.8 Å². The normalized spacial score (nSPS) is 10.3. The summed E-state index contributed by atoms with van der Waals surface area (Å²) in [5, 5.41) is 11.7. The molecule has 2 rings (SSSR count). The van der Waals surface area contributed by atoms with E-state index < -0.39 is 16.8 Å². The highest BCUT2D eigenvalue weighted by Crippen LogP contribution is 2.21. The lowest BCUT2D eigenvalue weighted by Gasteiger charge is -2.21. The lowest BCUT2D eigenvalue weighted by molar-refractivity contribution is -0.384. The zero-order valence-corrected chi connectivity index (χ0v) is 15.0. The molecule has 2 aromatic rings. The summed E-state index contributed by atoms with van der Waals surface area (Å²) in [6, 6.07) is 10.6. The average Bonchev–Trinajstić information content (AvgIpc) is 2.64. The molecule has 0 unspecified atom stereocenters. The third-order valence-corrected chi connectivity index (χ3v) is 3.96. The van der Waals surface area contributed by atoms with Crippen molar-refractivity contribution < 1.29 is 19.2 Å². The van der Waals surface area contributed by atoms with Crippen LogP contribution in [-0.2, 0) is 11.3 Å². The predicted molar refractivity (Wildman–Crippen MR) is 96.3 cm³/mol. The fourth-order valence-electron chi connectivity index (χ4n) is 2.44. The molecule has 0 saturated heterocycles. The summed E-state index contributed by atoms with van der Waals surface area (Å²) in [5.41, 5.74) is 0.466. The number of nitro groups is 1. The van der Waals surface area contributed by atoms with Gasteiger partial charge in [-0.25, -0.2) is 4.79 Å². The van der Waals surface area contributed by atoms with E-state index in [1.165, 1.54) is 18.1 Å². The van der Waals surface area contributed by atoms with Crippen molar-refractivity contribution in [1.29, 1.82) is 0 Å². The Balaban J connectivity index is 2.37. The number of halogens is 1. The number of non-ortho nitro benzene ring substituents is 1. The molecule has 0 aliphatic heterocycles. The largest absolute Gasteiger partial charge is 0.465 e. The Labute approximate surface area is 155 Å². The molecule has 0 aliphatic rings. The first kappa shape index (κ1) is 19.4. The van der Waals surface area contributed by atoms with Gasteiger partial charge >= 0.3 is 5.97 Å². The van der Waals surface area contributed by atoms with Crippen molar-refractivity contribution in [1.82, 2.24) is 4.90 Å². The lowest BCUT2D eigenvalue weighted by Crippen LogP contribution is -2.30. The molecule has 1 amide bonds. The van der Waals surface area contributed by atoms with Crippen molar-refractivity contribution in [2.45, 2.75) is 13.5 Å². The van der Waals surface area contributed by atoms with Crippen LogP contribution in [0.15, 0.2) is 42.5 Å². The number of ether oxygens (including phenoxy) is 1. The number of rotatable bonds is 6. The zero-order chi connectivity index (χ0) is 19.3. The maximum absolute atomic E-state index is 12.8. The van der Waals surface area contributed by atoms with Crippen molar-refractivity contribution in [2.24, 2.45) is 0 Å². The minimum atomic E-state index is -0.749. The Kier molecular flexibility index (Phi) is 6.30. The van der Waals surface area contributed by atoms with Gasteiger partial charge in [-0.2, -0.15) is 0 Å². The Bertz CT molecular complexity index is 853. The number of amides is 1. The summed E-state index contributed by atoms with van der Waals surface area (Å²) < 4.78 is 4.60. The van der Waals surface area contributed by atoms with E-state index in [0.717, 1.165) is 17.7 Å². The summed E-state index contributed by atoms with van der Waals surface area (Å²) in [5.74, 6) is -1.18. The number of hydrogen-bond donors (Lipinski definition) is 0. The van der Waals surface area contributed by atoms with E-state index in [4.69, 9.17) is 11.6 Å². The van der Waals surface area contributed by atoms with Crippen LogP contribution in [0.25, 0.3) is 0 Å². The Morgan fingerprint density at radius 1 is 1.19 bits per heavy atom. The molecule has 0 radical (unpaired) electrons. The molecular formula is C18H17ClN2O5. The first-order valence-electron chi connectivity index (χ1n) is 7.77. The van der Waals surface area contributed by atoms with Crippen LogP contribution in [-0.4, -0.2) is 35.4 Å². The van der Waals surface area contributed by atoms with Gasteiger partial charge in [-0.15, -0.1) is 0 Å².